The number of hydrogen-bond donors (Lipinski definition) is 1. The monoisotopic (exact) mass is 386 g/mol. The molecular weight excluding hydrogens is 368 g/mol. The first-order valence-corrected chi connectivity index (χ1v) is 8.85. The number of nitrogens with zero attached hydrogens (tertiary/aromatic N) is 2. The Bertz CT molecular complexity index is 865. The number of amides is 1. The van der Waals surface area contributed by atoms with Crippen molar-refractivity contribution in [1.82, 2.24) is 9.88 Å². The van der Waals surface area contributed by atoms with E-state index >= 15 is 0 Å². The van der Waals surface area contributed by atoms with Gasteiger partial charge in [-0.15, -0.1) is 0 Å². The van der Waals surface area contributed by atoms with E-state index in [1.807, 2.05) is 0 Å². The number of hydrogen-bond acceptors (Lipinski definition) is 5. The second-order valence-electron chi connectivity index (χ2n) is 6.13. The first-order chi connectivity index (χ1) is 13.0. The molecule has 1 fully saturated rings. The highest BCUT2D eigenvalue weighted by molar-refractivity contribution is 6.46. The molecule has 1 aromatic heterocycles. The second-order valence-corrected chi connectivity index (χ2v) is 6.57. The Labute approximate surface area is 162 Å². The van der Waals surface area contributed by atoms with Gasteiger partial charge in [0, 0.05) is 43.2 Å². The zero-order valence-electron chi connectivity index (χ0n) is 14.8. The standard InChI is InChI=1S/C20H19ClN2O4/c1-27-11-3-10-23-17(14-4-2-9-22-12-14)16(19(25)20(23)26)18(24)13-5-7-15(21)8-6-13/h2,4-9,12,17,24H,3,10-11H2,1H3/b18-16-. The van der Waals surface area contributed by atoms with Crippen LogP contribution in [0, 0.1) is 0 Å². The van der Waals surface area contributed by atoms with E-state index in [4.69, 9.17) is 16.3 Å². The van der Waals surface area contributed by atoms with Crippen LogP contribution in [0.1, 0.15) is 23.6 Å². The van der Waals surface area contributed by atoms with Gasteiger partial charge in [-0.1, -0.05) is 17.7 Å². The van der Waals surface area contributed by atoms with Crippen LogP contribution in [0.5, 0.6) is 0 Å². The van der Waals surface area contributed by atoms with Crippen LogP contribution >= 0.6 is 11.6 Å². The summed E-state index contributed by atoms with van der Waals surface area (Å²) in [6.07, 6.45) is 3.77. The molecule has 0 radical (unpaired) electrons. The first-order valence-electron chi connectivity index (χ1n) is 8.47. The molecule has 1 N–H and O–H groups in total. The van der Waals surface area contributed by atoms with E-state index in [1.165, 1.54) is 4.90 Å². The molecule has 3 rings (SSSR count). The molecule has 27 heavy (non-hydrogen) atoms. The third-order valence-electron chi connectivity index (χ3n) is 4.41. The molecule has 140 valence electrons. The van der Waals surface area contributed by atoms with Crippen molar-refractivity contribution in [2.24, 2.45) is 0 Å². The molecule has 1 amide bonds. The molecule has 0 spiro atoms. The van der Waals surface area contributed by atoms with Crippen molar-refractivity contribution in [3.05, 3.63) is 70.5 Å². The number of aliphatic hydroxyl groups excluding tert-OH is 1. The molecule has 0 aliphatic carbocycles. The van der Waals surface area contributed by atoms with Gasteiger partial charge < -0.3 is 14.7 Å². The summed E-state index contributed by atoms with van der Waals surface area (Å²) in [7, 11) is 1.58. The van der Waals surface area contributed by atoms with E-state index in [1.54, 1.807) is 55.9 Å². The lowest BCUT2D eigenvalue weighted by atomic mass is 9.96. The van der Waals surface area contributed by atoms with Gasteiger partial charge in [0.05, 0.1) is 11.6 Å². The zero-order valence-corrected chi connectivity index (χ0v) is 15.5. The molecule has 1 saturated heterocycles. The Morgan fingerprint density at radius 3 is 2.63 bits per heavy atom. The Hall–Kier alpha value is -2.70. The summed E-state index contributed by atoms with van der Waals surface area (Å²) in [5.74, 6) is -1.59. The molecular formula is C20H19ClN2O4. The van der Waals surface area contributed by atoms with E-state index in [9.17, 15) is 14.7 Å². The number of carbonyl (C=O) groups excluding carboxylic acids is 2. The number of methoxy groups -OCH3 is 1. The molecule has 7 heteroatoms. The summed E-state index contributed by atoms with van der Waals surface area (Å²) in [6, 6.07) is 9.25. The van der Waals surface area contributed by atoms with Crippen LogP contribution in [-0.4, -0.2) is 46.9 Å². The summed E-state index contributed by atoms with van der Waals surface area (Å²) in [5.41, 5.74) is 1.13. The number of ether oxygens (including phenoxy) is 1. The maximum absolute atomic E-state index is 12.7. The fourth-order valence-corrected chi connectivity index (χ4v) is 3.26. The highest BCUT2D eigenvalue weighted by Gasteiger charge is 2.45. The molecule has 0 saturated carbocycles. The third-order valence-corrected chi connectivity index (χ3v) is 4.66. The number of Topliss-reactive ketones (excluding diaryl/α,β-unsaturated/α-hetero) is 1. The van der Waals surface area contributed by atoms with E-state index < -0.39 is 17.7 Å². The Morgan fingerprint density at radius 2 is 2.00 bits per heavy atom. The molecule has 2 aromatic rings. The van der Waals surface area contributed by atoms with E-state index in [0.717, 1.165) is 0 Å². The van der Waals surface area contributed by atoms with Gasteiger partial charge in [0.15, 0.2) is 0 Å². The van der Waals surface area contributed by atoms with Crippen molar-refractivity contribution >= 4 is 29.1 Å². The van der Waals surface area contributed by atoms with Crippen molar-refractivity contribution < 1.29 is 19.4 Å². The van der Waals surface area contributed by atoms with Crippen molar-refractivity contribution in [1.29, 1.82) is 0 Å². The number of likely N-dealkylation sites (tertiary alicyclic amines) is 1. The maximum atomic E-state index is 12.7. The molecule has 6 nitrogen and oxygen atoms in total. The predicted molar refractivity (Wildman–Crippen MR) is 101 cm³/mol. The van der Waals surface area contributed by atoms with Gasteiger partial charge in [0.2, 0.25) is 0 Å². The summed E-state index contributed by atoms with van der Waals surface area (Å²) < 4.78 is 5.05. The van der Waals surface area contributed by atoms with Crippen LogP contribution in [0.2, 0.25) is 5.02 Å². The van der Waals surface area contributed by atoms with Crippen molar-refractivity contribution in [2.75, 3.05) is 20.3 Å². The van der Waals surface area contributed by atoms with Gasteiger partial charge >= 0.3 is 0 Å². The highest BCUT2D eigenvalue weighted by atomic mass is 35.5. The second kappa shape index (κ2) is 8.33. The van der Waals surface area contributed by atoms with Gasteiger partial charge in [0.25, 0.3) is 11.7 Å². The lowest BCUT2D eigenvalue weighted by molar-refractivity contribution is -0.140. The van der Waals surface area contributed by atoms with Crippen LogP contribution < -0.4 is 0 Å². The third kappa shape index (κ3) is 3.86. The van der Waals surface area contributed by atoms with Crippen LogP contribution in [0.4, 0.5) is 0 Å². The topological polar surface area (TPSA) is 79.7 Å². The Kier molecular flexibility index (Phi) is 5.88. The SMILES string of the molecule is COCCCN1C(=O)C(=O)/C(=C(\O)c2ccc(Cl)cc2)C1c1cccnc1. The first kappa shape index (κ1) is 19.1. The van der Waals surface area contributed by atoms with E-state index in [-0.39, 0.29) is 11.3 Å². The van der Waals surface area contributed by atoms with Gasteiger partial charge in [0.1, 0.15) is 5.76 Å². The molecule has 1 aliphatic heterocycles. The lowest BCUT2D eigenvalue weighted by Crippen LogP contribution is -2.31. The number of benzene rings is 1. The van der Waals surface area contributed by atoms with Gasteiger partial charge in [-0.05, 0) is 42.3 Å². The number of carbonyl (C=O) groups is 2. The molecule has 1 aromatic carbocycles. The van der Waals surface area contributed by atoms with Crippen LogP contribution in [0.15, 0.2) is 54.4 Å². The molecule has 2 heterocycles. The number of aromatic nitrogens is 1. The fourth-order valence-electron chi connectivity index (χ4n) is 3.14. The summed E-state index contributed by atoms with van der Waals surface area (Å²) in [6.45, 7) is 0.787. The minimum atomic E-state index is -0.714. The smallest absolute Gasteiger partial charge is 0.295 e. The van der Waals surface area contributed by atoms with Crippen molar-refractivity contribution in [3.8, 4) is 0 Å². The predicted octanol–water partition coefficient (Wildman–Crippen LogP) is 3.19. The minimum Gasteiger partial charge on any atom is -0.507 e. The maximum Gasteiger partial charge on any atom is 0.295 e. The number of halogens is 1. The average Bonchev–Trinajstić information content (AvgIpc) is 2.94. The van der Waals surface area contributed by atoms with Crippen LogP contribution in [0.3, 0.4) is 0 Å². The van der Waals surface area contributed by atoms with Gasteiger partial charge in [-0.25, -0.2) is 0 Å². The van der Waals surface area contributed by atoms with Gasteiger partial charge in [-0.3, -0.25) is 14.6 Å². The van der Waals surface area contributed by atoms with Crippen molar-refractivity contribution in [2.45, 2.75) is 12.5 Å². The fraction of sp³-hybridized carbons (Fsp3) is 0.250. The highest BCUT2D eigenvalue weighted by Crippen LogP contribution is 2.39. The zero-order chi connectivity index (χ0) is 19.4. The normalized spacial score (nSPS) is 18.9. The summed E-state index contributed by atoms with van der Waals surface area (Å²) >= 11 is 5.90. The number of ketones is 1. The van der Waals surface area contributed by atoms with Gasteiger partial charge in [-0.2, -0.15) is 0 Å². The lowest BCUT2D eigenvalue weighted by Gasteiger charge is -2.24. The largest absolute Gasteiger partial charge is 0.507 e. The number of aliphatic hydroxyl groups is 1. The molecule has 1 atom stereocenters. The Balaban J connectivity index is 2.09. The quantitative estimate of drug-likeness (QED) is 0.357. The van der Waals surface area contributed by atoms with Crippen molar-refractivity contribution in [3.63, 3.8) is 0 Å². The number of pyridine rings is 1. The van der Waals surface area contributed by atoms with Crippen LogP contribution in [-0.2, 0) is 14.3 Å². The van der Waals surface area contributed by atoms with Crippen LogP contribution in [0.25, 0.3) is 5.76 Å². The van der Waals surface area contributed by atoms with E-state index in [2.05, 4.69) is 4.98 Å². The average molecular weight is 387 g/mol. The molecule has 1 aliphatic rings. The molecule has 1 unspecified atom stereocenters. The summed E-state index contributed by atoms with van der Waals surface area (Å²) in [4.78, 5) is 30.9. The van der Waals surface area contributed by atoms with E-state index in [0.29, 0.717) is 35.7 Å². The molecule has 0 bridgehead atoms. The summed E-state index contributed by atoms with van der Waals surface area (Å²) in [5, 5.41) is 11.3. The Morgan fingerprint density at radius 1 is 1.26 bits per heavy atom. The minimum absolute atomic E-state index is 0.0488. The number of rotatable bonds is 6.